The van der Waals surface area contributed by atoms with E-state index in [0.717, 1.165) is 18.2 Å². The molecule has 21 heavy (non-hydrogen) atoms. The molecule has 1 aromatic rings. The predicted octanol–water partition coefficient (Wildman–Crippen LogP) is 1.87. The van der Waals surface area contributed by atoms with Gasteiger partial charge in [-0.25, -0.2) is 4.98 Å². The van der Waals surface area contributed by atoms with Crippen molar-refractivity contribution in [3.8, 4) is 0 Å². The van der Waals surface area contributed by atoms with Crippen LogP contribution >= 0.6 is 11.3 Å². The molecule has 0 aromatic carbocycles. The maximum Gasteiger partial charge on any atom is 0.265 e. The molecular formula is C14H24N4O2S. The molecular weight excluding hydrogens is 288 g/mol. The lowest BCUT2D eigenvalue weighted by molar-refractivity contribution is 0.0824. The first kappa shape index (κ1) is 16.0. The van der Waals surface area contributed by atoms with Crippen molar-refractivity contribution >= 4 is 28.2 Å². The van der Waals surface area contributed by atoms with Gasteiger partial charge in [0.25, 0.3) is 5.91 Å². The lowest BCUT2D eigenvalue weighted by atomic mass is 10.1. The van der Waals surface area contributed by atoms with Crippen molar-refractivity contribution in [2.45, 2.75) is 38.6 Å². The van der Waals surface area contributed by atoms with Gasteiger partial charge in [-0.15, -0.1) is 0 Å². The van der Waals surface area contributed by atoms with Crippen LogP contribution in [0, 0.1) is 0 Å². The number of nitrogens with two attached hydrogens (primary N) is 1. The summed E-state index contributed by atoms with van der Waals surface area (Å²) in [6.07, 6.45) is 3.60. The number of aromatic nitrogens is 1. The molecule has 2 heterocycles. The van der Waals surface area contributed by atoms with Crippen LogP contribution in [0.3, 0.4) is 0 Å². The number of hydrogen-bond acceptors (Lipinski definition) is 6. The molecule has 1 saturated heterocycles. The fourth-order valence-electron chi connectivity index (χ4n) is 2.46. The van der Waals surface area contributed by atoms with Gasteiger partial charge in [-0.05, 0) is 33.1 Å². The Bertz CT molecular complexity index is 495. The minimum Gasteiger partial charge on any atom is -0.382 e. The minimum atomic E-state index is -0.437. The van der Waals surface area contributed by atoms with Gasteiger partial charge in [0.2, 0.25) is 0 Å². The first-order valence-corrected chi connectivity index (χ1v) is 8.07. The van der Waals surface area contributed by atoms with E-state index in [2.05, 4.69) is 15.2 Å². The largest absolute Gasteiger partial charge is 0.382 e. The number of nitrogens with zero attached hydrogens (tertiary/aromatic N) is 2. The molecule has 0 atom stereocenters. The SMILES string of the molecule is COCC(C)(C)NC(=O)c1sc(N2CCCCC2)nc1N. The number of methoxy groups -OCH3 is 1. The van der Waals surface area contributed by atoms with Crippen molar-refractivity contribution in [3.05, 3.63) is 4.88 Å². The molecule has 0 aliphatic carbocycles. The van der Waals surface area contributed by atoms with Crippen molar-refractivity contribution in [2.75, 3.05) is 37.4 Å². The molecule has 0 unspecified atom stereocenters. The highest BCUT2D eigenvalue weighted by Gasteiger charge is 2.25. The normalized spacial score (nSPS) is 16.0. The summed E-state index contributed by atoms with van der Waals surface area (Å²) in [5.74, 6) is 0.126. The van der Waals surface area contributed by atoms with Gasteiger partial charge in [0.1, 0.15) is 10.7 Å². The van der Waals surface area contributed by atoms with Crippen LogP contribution in [-0.2, 0) is 4.74 Å². The van der Waals surface area contributed by atoms with Gasteiger partial charge in [0.15, 0.2) is 5.13 Å². The summed E-state index contributed by atoms with van der Waals surface area (Å²) in [5.41, 5.74) is 5.49. The first-order valence-electron chi connectivity index (χ1n) is 7.25. The van der Waals surface area contributed by atoms with E-state index in [9.17, 15) is 4.79 Å². The number of nitrogens with one attached hydrogen (secondary N) is 1. The number of nitrogen functional groups attached to an aromatic ring is 1. The molecule has 1 amide bonds. The highest BCUT2D eigenvalue weighted by Crippen LogP contribution is 2.30. The van der Waals surface area contributed by atoms with Gasteiger partial charge in [0.05, 0.1) is 12.1 Å². The maximum atomic E-state index is 12.4. The number of carbonyl (C=O) groups is 1. The Labute approximate surface area is 129 Å². The Kier molecular flexibility index (Phi) is 5.05. The molecule has 2 rings (SSSR count). The summed E-state index contributed by atoms with van der Waals surface area (Å²) in [6, 6.07) is 0. The second kappa shape index (κ2) is 6.62. The van der Waals surface area contributed by atoms with Crippen LogP contribution in [0.25, 0.3) is 0 Å². The first-order chi connectivity index (χ1) is 9.93. The van der Waals surface area contributed by atoms with E-state index in [4.69, 9.17) is 10.5 Å². The van der Waals surface area contributed by atoms with E-state index in [1.807, 2.05) is 13.8 Å². The monoisotopic (exact) mass is 312 g/mol. The third-order valence-electron chi connectivity index (χ3n) is 3.43. The fourth-order valence-corrected chi connectivity index (χ4v) is 3.40. The summed E-state index contributed by atoms with van der Waals surface area (Å²) in [7, 11) is 1.61. The maximum absolute atomic E-state index is 12.4. The summed E-state index contributed by atoms with van der Waals surface area (Å²) in [5, 5.41) is 3.79. The van der Waals surface area contributed by atoms with Crippen LogP contribution in [0.5, 0.6) is 0 Å². The summed E-state index contributed by atoms with van der Waals surface area (Å²) < 4.78 is 5.11. The van der Waals surface area contributed by atoms with E-state index in [0.29, 0.717) is 17.3 Å². The standard InChI is InChI=1S/C14H24N4O2S/c1-14(2,9-20-3)17-12(19)10-11(15)16-13(21-10)18-7-5-4-6-8-18/h4-9,15H2,1-3H3,(H,17,19). The number of ether oxygens (including phenoxy) is 1. The number of rotatable bonds is 5. The number of amides is 1. The average molecular weight is 312 g/mol. The predicted molar refractivity (Wildman–Crippen MR) is 86.0 cm³/mol. The minimum absolute atomic E-state index is 0.185. The topological polar surface area (TPSA) is 80.5 Å². The van der Waals surface area contributed by atoms with Crippen LogP contribution in [0.1, 0.15) is 42.8 Å². The highest BCUT2D eigenvalue weighted by atomic mass is 32.1. The molecule has 0 bridgehead atoms. The molecule has 1 aliphatic rings. The fraction of sp³-hybridized carbons (Fsp3) is 0.714. The lowest BCUT2D eigenvalue weighted by Crippen LogP contribution is -2.46. The van der Waals surface area contributed by atoms with E-state index in [1.54, 1.807) is 7.11 Å². The number of piperidine rings is 1. The van der Waals surface area contributed by atoms with E-state index in [-0.39, 0.29) is 5.91 Å². The van der Waals surface area contributed by atoms with Crippen LogP contribution < -0.4 is 16.0 Å². The summed E-state index contributed by atoms with van der Waals surface area (Å²) in [6.45, 7) is 6.25. The van der Waals surface area contributed by atoms with Gasteiger partial charge in [-0.2, -0.15) is 0 Å². The lowest BCUT2D eigenvalue weighted by Gasteiger charge is -2.26. The zero-order valence-electron chi connectivity index (χ0n) is 12.9. The van der Waals surface area contributed by atoms with Crippen LogP contribution in [0.2, 0.25) is 0 Å². The van der Waals surface area contributed by atoms with Crippen LogP contribution in [-0.4, -0.2) is 43.2 Å². The molecule has 7 heteroatoms. The van der Waals surface area contributed by atoms with E-state index >= 15 is 0 Å². The Hall–Kier alpha value is -1.34. The zero-order chi connectivity index (χ0) is 15.5. The van der Waals surface area contributed by atoms with Gasteiger partial charge in [-0.3, -0.25) is 4.79 Å². The second-order valence-corrected chi connectivity index (χ2v) is 7.01. The molecule has 0 saturated carbocycles. The highest BCUT2D eigenvalue weighted by molar-refractivity contribution is 7.18. The van der Waals surface area contributed by atoms with E-state index < -0.39 is 5.54 Å². The van der Waals surface area contributed by atoms with Crippen molar-refractivity contribution in [3.63, 3.8) is 0 Å². The number of anilines is 2. The Morgan fingerprint density at radius 1 is 1.43 bits per heavy atom. The summed E-state index contributed by atoms with van der Waals surface area (Å²) in [4.78, 5) is 19.4. The van der Waals surface area contributed by atoms with Gasteiger partial charge >= 0.3 is 0 Å². The Balaban J connectivity index is 2.09. The molecule has 1 aliphatic heterocycles. The second-order valence-electron chi connectivity index (χ2n) is 6.03. The molecule has 0 spiro atoms. The van der Waals surface area contributed by atoms with Crippen molar-refractivity contribution in [2.24, 2.45) is 0 Å². The third-order valence-corrected chi connectivity index (χ3v) is 4.56. The average Bonchev–Trinajstić information content (AvgIpc) is 2.81. The number of carbonyl (C=O) groups excluding carboxylic acids is 1. The molecule has 118 valence electrons. The van der Waals surface area contributed by atoms with E-state index in [1.165, 1.54) is 30.6 Å². The van der Waals surface area contributed by atoms with Gasteiger partial charge < -0.3 is 20.7 Å². The van der Waals surface area contributed by atoms with Gasteiger partial charge in [0, 0.05) is 20.2 Å². The quantitative estimate of drug-likeness (QED) is 0.867. The zero-order valence-corrected chi connectivity index (χ0v) is 13.8. The van der Waals surface area contributed by atoms with Crippen LogP contribution in [0.15, 0.2) is 0 Å². The van der Waals surface area contributed by atoms with Crippen molar-refractivity contribution in [1.82, 2.24) is 10.3 Å². The molecule has 3 N–H and O–H groups in total. The number of hydrogen-bond donors (Lipinski definition) is 2. The Morgan fingerprint density at radius 2 is 2.10 bits per heavy atom. The summed E-state index contributed by atoms with van der Waals surface area (Å²) >= 11 is 1.37. The van der Waals surface area contributed by atoms with Crippen LogP contribution in [0.4, 0.5) is 10.9 Å². The molecule has 1 aromatic heterocycles. The number of thiazole rings is 1. The smallest absolute Gasteiger partial charge is 0.265 e. The third kappa shape index (κ3) is 4.07. The molecule has 1 fully saturated rings. The van der Waals surface area contributed by atoms with Gasteiger partial charge in [-0.1, -0.05) is 11.3 Å². The molecule has 0 radical (unpaired) electrons. The molecule has 6 nitrogen and oxygen atoms in total. The van der Waals surface area contributed by atoms with Crippen molar-refractivity contribution in [1.29, 1.82) is 0 Å². The Morgan fingerprint density at radius 3 is 2.71 bits per heavy atom. The van der Waals surface area contributed by atoms with Crippen molar-refractivity contribution < 1.29 is 9.53 Å².